The van der Waals surface area contributed by atoms with Gasteiger partial charge in [0.05, 0.1) is 0 Å². The van der Waals surface area contributed by atoms with Crippen LogP contribution in [0.5, 0.6) is 11.5 Å². The number of benzene rings is 2. The minimum Gasteiger partial charge on any atom is -0.403 e. The summed E-state index contributed by atoms with van der Waals surface area (Å²) in [7, 11) is 0. The number of hydrogen-bond acceptors (Lipinski definition) is 5. The van der Waals surface area contributed by atoms with E-state index in [1.54, 1.807) is 0 Å². The van der Waals surface area contributed by atoms with Gasteiger partial charge in [-0.2, -0.15) is 4.80 Å². The Morgan fingerprint density at radius 3 is 1.58 bits per heavy atom. The van der Waals surface area contributed by atoms with Crippen molar-refractivity contribution in [2.75, 3.05) is 0 Å². The van der Waals surface area contributed by atoms with Crippen molar-refractivity contribution in [3.05, 3.63) is 65.5 Å². The third kappa shape index (κ3) is 5.28. The lowest BCUT2D eigenvalue weighted by atomic mass is 9.82. The molecule has 0 bridgehead atoms. The zero-order chi connectivity index (χ0) is 24.6. The van der Waals surface area contributed by atoms with Crippen LogP contribution in [0.2, 0.25) is 0 Å². The number of rotatable bonds is 6. The molecule has 0 saturated carbocycles. The molecule has 0 saturated heterocycles. The monoisotopic (exact) mass is 486 g/mol. The Morgan fingerprint density at radius 1 is 0.788 bits per heavy atom. The summed E-state index contributed by atoms with van der Waals surface area (Å²) in [6.07, 6.45) is -9.55. The zero-order valence-electron chi connectivity index (χ0n) is 16.1. The van der Waals surface area contributed by atoms with Crippen LogP contribution in [0.3, 0.4) is 0 Å². The molecule has 2 aromatic carbocycles. The molecule has 3 rings (SSSR count). The van der Waals surface area contributed by atoms with Crippen LogP contribution in [0.25, 0.3) is 0 Å². The fraction of sp³-hybridized carbons (Fsp3) is 0.278. The lowest BCUT2D eigenvalue weighted by Crippen LogP contribution is -2.34. The number of nitrogens with zero attached hydrogens (tertiary/aromatic N) is 4. The van der Waals surface area contributed by atoms with Gasteiger partial charge in [0, 0.05) is 0 Å². The van der Waals surface area contributed by atoms with Crippen molar-refractivity contribution in [2.24, 2.45) is 0 Å². The van der Waals surface area contributed by atoms with Crippen LogP contribution in [0, 0.1) is 11.6 Å². The van der Waals surface area contributed by atoms with Crippen molar-refractivity contribution >= 4 is 0 Å². The van der Waals surface area contributed by atoms with Gasteiger partial charge in [-0.05, 0) is 47.5 Å². The predicted octanol–water partition coefficient (Wildman–Crippen LogP) is 5.22. The van der Waals surface area contributed by atoms with E-state index in [1.807, 2.05) is 0 Å². The van der Waals surface area contributed by atoms with Gasteiger partial charge in [-0.1, -0.05) is 12.1 Å². The Hall–Kier alpha value is -3.52. The standard InChI is InChI=1S/C18H11F9N4O2/c1-9(31-29-8-28-30-31)16(21,10-2-4-14(12(19)6-10)32-17(22,23)24)11-3-5-15(13(20)7-11)33-18(25,26)27/h2-9H,1H3. The first kappa shape index (κ1) is 24.1. The van der Waals surface area contributed by atoms with Gasteiger partial charge in [0.2, 0.25) is 0 Å². The van der Waals surface area contributed by atoms with Gasteiger partial charge in [0.25, 0.3) is 0 Å². The Bertz CT molecular complexity index is 1050. The molecule has 1 heterocycles. The Labute approximate surface area is 178 Å². The zero-order valence-corrected chi connectivity index (χ0v) is 16.1. The minimum absolute atomic E-state index is 0.368. The maximum absolute atomic E-state index is 16.5. The van der Waals surface area contributed by atoms with E-state index in [0.29, 0.717) is 29.1 Å². The van der Waals surface area contributed by atoms with E-state index in [2.05, 4.69) is 24.9 Å². The van der Waals surface area contributed by atoms with Crippen molar-refractivity contribution in [1.29, 1.82) is 0 Å². The number of hydrogen-bond donors (Lipinski definition) is 0. The molecule has 33 heavy (non-hydrogen) atoms. The summed E-state index contributed by atoms with van der Waals surface area (Å²) in [5.41, 5.74) is -4.23. The van der Waals surface area contributed by atoms with Gasteiger partial charge >= 0.3 is 12.7 Å². The lowest BCUT2D eigenvalue weighted by molar-refractivity contribution is -0.276. The fourth-order valence-electron chi connectivity index (χ4n) is 3.03. The molecule has 0 aliphatic heterocycles. The molecule has 0 aliphatic carbocycles. The van der Waals surface area contributed by atoms with Crippen molar-refractivity contribution in [1.82, 2.24) is 20.2 Å². The van der Waals surface area contributed by atoms with Crippen molar-refractivity contribution in [3.8, 4) is 11.5 Å². The van der Waals surface area contributed by atoms with Crippen molar-refractivity contribution < 1.29 is 49.0 Å². The number of tetrazole rings is 1. The minimum atomic E-state index is -5.23. The molecular weight excluding hydrogens is 475 g/mol. The molecule has 0 amide bonds. The maximum Gasteiger partial charge on any atom is 0.573 e. The third-order valence-corrected chi connectivity index (χ3v) is 4.44. The Kier molecular flexibility index (Phi) is 6.17. The topological polar surface area (TPSA) is 62.1 Å². The highest BCUT2D eigenvalue weighted by molar-refractivity contribution is 5.43. The van der Waals surface area contributed by atoms with Crippen LogP contribution >= 0.6 is 0 Å². The van der Waals surface area contributed by atoms with E-state index in [9.17, 15) is 35.1 Å². The average Bonchev–Trinajstić information content (AvgIpc) is 3.22. The molecule has 6 nitrogen and oxygen atoms in total. The SMILES string of the molecule is CC(n1ncnn1)C(F)(c1ccc(OC(F)(F)F)c(F)c1)c1ccc(OC(F)(F)F)c(F)c1. The second-order valence-corrected chi connectivity index (χ2v) is 6.53. The van der Waals surface area contributed by atoms with E-state index in [4.69, 9.17) is 0 Å². The summed E-state index contributed by atoms with van der Waals surface area (Å²) in [4.78, 5) is 0.704. The Balaban J connectivity index is 2.13. The fourth-order valence-corrected chi connectivity index (χ4v) is 3.03. The van der Waals surface area contributed by atoms with Crippen LogP contribution in [-0.4, -0.2) is 32.9 Å². The molecule has 15 heteroatoms. The van der Waals surface area contributed by atoms with Gasteiger partial charge < -0.3 is 9.47 Å². The van der Waals surface area contributed by atoms with E-state index in [0.717, 1.165) is 25.4 Å². The highest BCUT2D eigenvalue weighted by atomic mass is 19.4. The number of halogens is 9. The van der Waals surface area contributed by atoms with Gasteiger partial charge in [-0.25, -0.2) is 13.2 Å². The molecular formula is C18H11F9N4O2. The third-order valence-electron chi connectivity index (χ3n) is 4.44. The molecule has 0 aliphatic rings. The number of aromatic nitrogens is 4. The predicted molar refractivity (Wildman–Crippen MR) is 90.6 cm³/mol. The molecule has 1 aromatic heterocycles. The first-order valence-corrected chi connectivity index (χ1v) is 8.73. The molecule has 0 radical (unpaired) electrons. The van der Waals surface area contributed by atoms with Crippen LogP contribution in [-0.2, 0) is 5.67 Å². The second-order valence-electron chi connectivity index (χ2n) is 6.53. The van der Waals surface area contributed by atoms with Crippen LogP contribution in [0.15, 0.2) is 42.7 Å². The molecule has 0 spiro atoms. The van der Waals surface area contributed by atoms with Gasteiger partial charge in [-0.3, -0.25) is 0 Å². The number of alkyl halides is 7. The number of ether oxygens (including phenoxy) is 2. The normalized spacial score (nSPS) is 13.6. The van der Waals surface area contributed by atoms with E-state index < -0.39 is 58.7 Å². The van der Waals surface area contributed by atoms with Crippen molar-refractivity contribution in [2.45, 2.75) is 31.4 Å². The summed E-state index contributed by atoms with van der Waals surface area (Å²) in [6.45, 7) is 1.15. The summed E-state index contributed by atoms with van der Waals surface area (Å²) >= 11 is 0. The first-order valence-electron chi connectivity index (χ1n) is 8.73. The largest absolute Gasteiger partial charge is 0.573 e. The summed E-state index contributed by atoms with van der Waals surface area (Å²) < 4.78 is 127. The highest BCUT2D eigenvalue weighted by Crippen LogP contribution is 2.45. The van der Waals surface area contributed by atoms with Crippen molar-refractivity contribution in [3.63, 3.8) is 0 Å². The van der Waals surface area contributed by atoms with E-state index in [1.165, 1.54) is 0 Å². The van der Waals surface area contributed by atoms with Crippen LogP contribution in [0.1, 0.15) is 24.1 Å². The molecule has 0 N–H and O–H groups in total. The molecule has 1 unspecified atom stereocenters. The van der Waals surface area contributed by atoms with E-state index >= 15 is 4.39 Å². The molecule has 1 atom stereocenters. The van der Waals surface area contributed by atoms with E-state index in [-0.39, 0.29) is 0 Å². The summed E-state index contributed by atoms with van der Waals surface area (Å²) in [6, 6.07) is 1.66. The molecule has 3 aromatic rings. The second kappa shape index (κ2) is 8.44. The lowest BCUT2D eigenvalue weighted by Gasteiger charge is -2.32. The first-order chi connectivity index (χ1) is 15.2. The average molecular weight is 486 g/mol. The maximum atomic E-state index is 16.5. The highest BCUT2D eigenvalue weighted by Gasteiger charge is 2.44. The summed E-state index contributed by atoms with van der Waals surface area (Å²) in [5, 5.41) is 10.5. The van der Waals surface area contributed by atoms with Crippen LogP contribution in [0.4, 0.5) is 39.5 Å². The Morgan fingerprint density at radius 2 is 1.24 bits per heavy atom. The smallest absolute Gasteiger partial charge is 0.403 e. The van der Waals surface area contributed by atoms with Crippen LogP contribution < -0.4 is 9.47 Å². The van der Waals surface area contributed by atoms with Gasteiger partial charge in [0.15, 0.2) is 35.1 Å². The molecule has 0 fully saturated rings. The van der Waals surface area contributed by atoms with Gasteiger partial charge in [-0.15, -0.1) is 36.5 Å². The summed E-state index contributed by atoms with van der Waals surface area (Å²) in [5.74, 6) is -5.74. The molecule has 178 valence electrons. The quantitative estimate of drug-likeness (QED) is 0.447. The van der Waals surface area contributed by atoms with Gasteiger partial charge in [0.1, 0.15) is 6.04 Å².